The fraction of sp³-hybridized carbons (Fsp3) is 0.467. The van der Waals surface area contributed by atoms with Crippen LogP contribution >= 0.6 is 11.3 Å². The third-order valence-corrected chi connectivity index (χ3v) is 3.70. The Hall–Kier alpha value is -1.42. The molecule has 0 radical (unpaired) electrons. The van der Waals surface area contributed by atoms with Crippen LogP contribution in [0.1, 0.15) is 44.5 Å². The van der Waals surface area contributed by atoms with Gasteiger partial charge in [0.15, 0.2) is 0 Å². The highest BCUT2D eigenvalue weighted by Gasteiger charge is 2.14. The second-order valence-corrected chi connectivity index (χ2v) is 5.78. The highest BCUT2D eigenvalue weighted by molar-refractivity contribution is 7.08. The summed E-state index contributed by atoms with van der Waals surface area (Å²) >= 11 is 1.70. The summed E-state index contributed by atoms with van der Waals surface area (Å²) in [5.41, 5.74) is 3.38. The Morgan fingerprint density at radius 1 is 1.32 bits per heavy atom. The summed E-state index contributed by atoms with van der Waals surface area (Å²) in [7, 11) is 0. The molecule has 102 valence electrons. The van der Waals surface area contributed by atoms with E-state index in [-0.39, 0.29) is 0 Å². The highest BCUT2D eigenvalue weighted by atomic mass is 32.1. The second kappa shape index (κ2) is 6.15. The van der Waals surface area contributed by atoms with Gasteiger partial charge < -0.3 is 5.32 Å². The van der Waals surface area contributed by atoms with Gasteiger partial charge in [-0.15, -0.1) is 0 Å². The number of anilines is 1. The first-order chi connectivity index (χ1) is 9.13. The van der Waals surface area contributed by atoms with Crippen LogP contribution in [0.5, 0.6) is 0 Å². The van der Waals surface area contributed by atoms with Crippen molar-refractivity contribution in [2.75, 3.05) is 11.9 Å². The van der Waals surface area contributed by atoms with E-state index in [4.69, 9.17) is 4.98 Å². The van der Waals surface area contributed by atoms with E-state index in [1.165, 1.54) is 5.56 Å². The van der Waals surface area contributed by atoms with Crippen molar-refractivity contribution in [2.45, 2.75) is 40.0 Å². The molecular formula is C15H21N3S. The summed E-state index contributed by atoms with van der Waals surface area (Å²) in [6.45, 7) is 9.46. The molecule has 0 aliphatic rings. The smallest absolute Gasteiger partial charge is 0.133 e. The molecular weight excluding hydrogens is 254 g/mol. The minimum Gasteiger partial charge on any atom is -0.370 e. The second-order valence-electron chi connectivity index (χ2n) is 5.00. The molecule has 4 heteroatoms. The van der Waals surface area contributed by atoms with Crippen molar-refractivity contribution in [3.05, 3.63) is 28.2 Å². The van der Waals surface area contributed by atoms with Crippen LogP contribution in [0, 0.1) is 6.92 Å². The first-order valence-corrected chi connectivity index (χ1v) is 7.72. The number of nitrogens with zero attached hydrogens (tertiary/aromatic N) is 2. The van der Waals surface area contributed by atoms with Crippen molar-refractivity contribution < 1.29 is 0 Å². The van der Waals surface area contributed by atoms with Gasteiger partial charge in [0, 0.05) is 29.0 Å². The Labute approximate surface area is 119 Å². The first kappa shape index (κ1) is 14.0. The molecule has 2 rings (SSSR count). The van der Waals surface area contributed by atoms with Gasteiger partial charge in [0.1, 0.15) is 11.6 Å². The molecule has 2 heterocycles. The highest BCUT2D eigenvalue weighted by Crippen LogP contribution is 2.29. The summed E-state index contributed by atoms with van der Waals surface area (Å²) in [4.78, 5) is 9.40. The monoisotopic (exact) mass is 275 g/mol. The molecule has 0 saturated heterocycles. The largest absolute Gasteiger partial charge is 0.370 e. The molecule has 0 aliphatic carbocycles. The van der Waals surface area contributed by atoms with E-state index < -0.39 is 0 Å². The van der Waals surface area contributed by atoms with Gasteiger partial charge in [-0.2, -0.15) is 11.3 Å². The van der Waals surface area contributed by atoms with Gasteiger partial charge in [-0.1, -0.05) is 20.8 Å². The van der Waals surface area contributed by atoms with Crippen molar-refractivity contribution in [3.63, 3.8) is 0 Å². The van der Waals surface area contributed by atoms with Crippen LogP contribution in [0.25, 0.3) is 11.3 Å². The van der Waals surface area contributed by atoms with E-state index in [1.807, 2.05) is 0 Å². The van der Waals surface area contributed by atoms with Crippen LogP contribution in [0.4, 0.5) is 5.82 Å². The summed E-state index contributed by atoms with van der Waals surface area (Å²) in [6.07, 6.45) is 1.09. The van der Waals surface area contributed by atoms with E-state index >= 15 is 0 Å². The van der Waals surface area contributed by atoms with Crippen molar-refractivity contribution in [2.24, 2.45) is 0 Å². The van der Waals surface area contributed by atoms with Crippen LogP contribution in [0.2, 0.25) is 0 Å². The summed E-state index contributed by atoms with van der Waals surface area (Å²) in [5, 5.41) is 7.64. The number of thiophene rings is 1. The molecule has 0 bridgehead atoms. The molecule has 0 aromatic carbocycles. The molecule has 0 fully saturated rings. The number of aromatic nitrogens is 2. The maximum Gasteiger partial charge on any atom is 0.133 e. The normalized spacial score (nSPS) is 11.0. The maximum absolute atomic E-state index is 4.74. The number of nitrogens with one attached hydrogen (secondary N) is 1. The molecule has 19 heavy (non-hydrogen) atoms. The zero-order valence-corrected chi connectivity index (χ0v) is 12.8. The van der Waals surface area contributed by atoms with E-state index in [9.17, 15) is 0 Å². The van der Waals surface area contributed by atoms with Crippen LogP contribution in [-0.4, -0.2) is 16.5 Å². The number of rotatable bonds is 5. The Morgan fingerprint density at radius 3 is 2.68 bits per heavy atom. The Morgan fingerprint density at radius 2 is 2.11 bits per heavy atom. The van der Waals surface area contributed by atoms with Crippen molar-refractivity contribution >= 4 is 17.2 Å². The minimum atomic E-state index is 0.333. The van der Waals surface area contributed by atoms with Gasteiger partial charge >= 0.3 is 0 Å². The van der Waals surface area contributed by atoms with E-state index in [0.29, 0.717) is 5.92 Å². The third-order valence-electron chi connectivity index (χ3n) is 3.02. The van der Waals surface area contributed by atoms with Gasteiger partial charge in [-0.3, -0.25) is 0 Å². The molecule has 0 saturated carbocycles. The van der Waals surface area contributed by atoms with Crippen LogP contribution < -0.4 is 5.32 Å². The van der Waals surface area contributed by atoms with E-state index in [2.05, 4.69) is 54.8 Å². The van der Waals surface area contributed by atoms with Gasteiger partial charge in [0.25, 0.3) is 0 Å². The SMILES string of the molecule is CCCNc1nc(C(C)C)nc(-c2ccsc2)c1C. The predicted octanol–water partition coefficient (Wildman–Crippen LogP) is 4.46. The van der Waals surface area contributed by atoms with Crippen LogP contribution in [0.15, 0.2) is 16.8 Å². The Balaban J connectivity index is 2.49. The van der Waals surface area contributed by atoms with Crippen molar-refractivity contribution in [1.29, 1.82) is 0 Å². The minimum absolute atomic E-state index is 0.333. The van der Waals surface area contributed by atoms with Gasteiger partial charge in [0.2, 0.25) is 0 Å². The molecule has 0 unspecified atom stereocenters. The standard InChI is InChI=1S/C15H21N3S/c1-5-7-16-15-11(4)13(12-6-8-19-9-12)17-14(18-15)10(2)3/h6,8-10H,5,7H2,1-4H3,(H,16,17,18). The third kappa shape index (κ3) is 3.13. The van der Waals surface area contributed by atoms with Crippen LogP contribution in [0.3, 0.4) is 0 Å². The zero-order chi connectivity index (χ0) is 13.8. The number of hydrogen-bond donors (Lipinski definition) is 1. The van der Waals surface area contributed by atoms with Gasteiger partial charge in [-0.05, 0) is 24.8 Å². The molecule has 2 aromatic heterocycles. The number of hydrogen-bond acceptors (Lipinski definition) is 4. The molecule has 0 spiro atoms. The summed E-state index contributed by atoms with van der Waals surface area (Å²) < 4.78 is 0. The average molecular weight is 275 g/mol. The summed E-state index contributed by atoms with van der Waals surface area (Å²) in [5.74, 6) is 2.22. The predicted molar refractivity (Wildman–Crippen MR) is 83.0 cm³/mol. The lowest BCUT2D eigenvalue weighted by molar-refractivity contribution is 0.773. The average Bonchev–Trinajstić information content (AvgIpc) is 2.91. The molecule has 2 aromatic rings. The van der Waals surface area contributed by atoms with Gasteiger partial charge in [0.05, 0.1) is 5.69 Å². The zero-order valence-electron chi connectivity index (χ0n) is 12.0. The van der Waals surface area contributed by atoms with Crippen LogP contribution in [-0.2, 0) is 0 Å². The topological polar surface area (TPSA) is 37.8 Å². The fourth-order valence-corrected chi connectivity index (χ4v) is 2.53. The molecule has 0 aliphatic heterocycles. The molecule has 0 atom stereocenters. The lowest BCUT2D eigenvalue weighted by Crippen LogP contribution is -2.09. The van der Waals surface area contributed by atoms with E-state index in [0.717, 1.165) is 35.9 Å². The Bertz CT molecular complexity index is 533. The van der Waals surface area contributed by atoms with Gasteiger partial charge in [-0.25, -0.2) is 9.97 Å². The lowest BCUT2D eigenvalue weighted by atomic mass is 10.1. The van der Waals surface area contributed by atoms with E-state index in [1.54, 1.807) is 11.3 Å². The molecule has 0 amide bonds. The quantitative estimate of drug-likeness (QED) is 0.875. The molecule has 3 nitrogen and oxygen atoms in total. The lowest BCUT2D eigenvalue weighted by Gasteiger charge is -2.14. The maximum atomic E-state index is 4.74. The van der Waals surface area contributed by atoms with Crippen molar-refractivity contribution in [1.82, 2.24) is 9.97 Å². The Kier molecular flexibility index (Phi) is 4.53. The van der Waals surface area contributed by atoms with Crippen molar-refractivity contribution in [3.8, 4) is 11.3 Å². The fourth-order valence-electron chi connectivity index (χ4n) is 1.89. The molecule has 1 N–H and O–H groups in total. The first-order valence-electron chi connectivity index (χ1n) is 6.78. The summed E-state index contributed by atoms with van der Waals surface area (Å²) in [6, 6.07) is 2.12.